The van der Waals surface area contributed by atoms with Gasteiger partial charge in [0.15, 0.2) is 17.3 Å². The van der Waals surface area contributed by atoms with Crippen molar-refractivity contribution in [2.24, 2.45) is 5.92 Å². The van der Waals surface area contributed by atoms with Gasteiger partial charge in [-0.15, -0.1) is 5.10 Å². The monoisotopic (exact) mass is 562 g/mol. The number of nitrogens with zero attached hydrogens (tertiary/aromatic N) is 4. The minimum Gasteiger partial charge on any atom is -0.452 e. The smallest absolute Gasteiger partial charge is 0.340 e. The molecule has 1 amide bonds. The van der Waals surface area contributed by atoms with E-state index in [4.69, 9.17) is 14.2 Å². The highest BCUT2D eigenvalue weighted by atomic mass is 19.1. The Labute approximate surface area is 230 Å². The molecule has 41 heavy (non-hydrogen) atoms. The second-order valence-electron chi connectivity index (χ2n) is 9.96. The second-order valence-corrected chi connectivity index (χ2v) is 9.96. The molecule has 3 heterocycles. The van der Waals surface area contributed by atoms with Crippen molar-refractivity contribution in [1.82, 2.24) is 25.0 Å². The maximum Gasteiger partial charge on any atom is 0.340 e. The van der Waals surface area contributed by atoms with Crippen LogP contribution in [-0.4, -0.2) is 67.3 Å². The Bertz CT molecular complexity index is 1730. The first kappa shape index (κ1) is 26.3. The lowest BCUT2D eigenvalue weighted by molar-refractivity contribution is -0.148. The standard InChI is InChI=1S/C27H23FN6O7/c1-14(2)21(35)30-25-29-20-17(22(36)31-25)32-33-34(20)26(41-24(38)16-11-7-4-8-12-16)13-39-18-19(27(18,26)28)40-23(37)15-9-5-3-6-10-15/h3-12,14,18-19H,13H2,1-2H3,(H2,29,30,31,35,36)/t18-,19?,26-,27+/m1/s1. The van der Waals surface area contributed by atoms with Crippen LogP contribution in [0.15, 0.2) is 65.5 Å². The number of aromatic nitrogens is 5. The molecule has 1 aliphatic heterocycles. The van der Waals surface area contributed by atoms with Gasteiger partial charge in [0, 0.05) is 5.92 Å². The third-order valence-corrected chi connectivity index (χ3v) is 6.99. The molecule has 0 radical (unpaired) electrons. The predicted octanol–water partition coefficient (Wildman–Crippen LogP) is 1.97. The van der Waals surface area contributed by atoms with Crippen LogP contribution in [0.1, 0.15) is 34.6 Å². The summed E-state index contributed by atoms with van der Waals surface area (Å²) >= 11 is 0. The lowest BCUT2D eigenvalue weighted by atomic mass is 10.1. The van der Waals surface area contributed by atoms with Crippen LogP contribution >= 0.6 is 0 Å². The van der Waals surface area contributed by atoms with Crippen molar-refractivity contribution in [2.75, 3.05) is 11.9 Å². The lowest BCUT2D eigenvalue weighted by Gasteiger charge is -2.32. The van der Waals surface area contributed by atoms with Crippen molar-refractivity contribution in [1.29, 1.82) is 0 Å². The number of anilines is 1. The fourth-order valence-corrected chi connectivity index (χ4v) is 4.72. The molecule has 14 heteroatoms. The maximum atomic E-state index is 17.1. The molecular weight excluding hydrogens is 539 g/mol. The summed E-state index contributed by atoms with van der Waals surface area (Å²) in [5.74, 6) is -2.89. The van der Waals surface area contributed by atoms with Gasteiger partial charge in [0.05, 0.1) is 11.1 Å². The number of aromatic amines is 1. The van der Waals surface area contributed by atoms with E-state index in [0.29, 0.717) is 0 Å². The van der Waals surface area contributed by atoms with E-state index >= 15 is 4.39 Å². The molecule has 1 saturated carbocycles. The van der Waals surface area contributed by atoms with E-state index in [1.807, 2.05) is 0 Å². The molecule has 1 unspecified atom stereocenters. The topological polar surface area (TPSA) is 167 Å². The summed E-state index contributed by atoms with van der Waals surface area (Å²) in [5, 5.41) is 10.2. The normalized spacial score (nSPS) is 24.6. The van der Waals surface area contributed by atoms with Gasteiger partial charge in [0.2, 0.25) is 17.5 Å². The van der Waals surface area contributed by atoms with Gasteiger partial charge < -0.3 is 14.2 Å². The highest BCUT2D eigenvalue weighted by Crippen LogP contribution is 2.62. The van der Waals surface area contributed by atoms with Crippen LogP contribution in [0.2, 0.25) is 0 Å². The Morgan fingerprint density at radius 3 is 2.34 bits per heavy atom. The molecule has 13 nitrogen and oxygen atoms in total. The number of fused-ring (bicyclic) bond motifs is 2. The zero-order chi connectivity index (χ0) is 28.9. The predicted molar refractivity (Wildman–Crippen MR) is 138 cm³/mol. The van der Waals surface area contributed by atoms with Crippen molar-refractivity contribution in [3.63, 3.8) is 0 Å². The van der Waals surface area contributed by atoms with Gasteiger partial charge in [-0.25, -0.2) is 14.0 Å². The van der Waals surface area contributed by atoms with Crippen LogP contribution in [0.25, 0.3) is 11.2 Å². The van der Waals surface area contributed by atoms with Gasteiger partial charge in [0.1, 0.15) is 12.7 Å². The molecule has 4 atom stereocenters. The number of nitrogens with one attached hydrogen (secondary N) is 2. The Morgan fingerprint density at radius 2 is 1.71 bits per heavy atom. The summed E-state index contributed by atoms with van der Waals surface area (Å²) in [5.41, 5.74) is -6.13. The third-order valence-electron chi connectivity index (χ3n) is 6.99. The Kier molecular flexibility index (Phi) is 6.14. The molecule has 0 spiro atoms. The summed E-state index contributed by atoms with van der Waals surface area (Å²) < 4.78 is 34.8. The van der Waals surface area contributed by atoms with E-state index in [1.54, 1.807) is 50.2 Å². The molecule has 4 aromatic rings. The van der Waals surface area contributed by atoms with Crippen molar-refractivity contribution in [3.8, 4) is 0 Å². The number of carbonyl (C=O) groups excluding carboxylic acids is 3. The van der Waals surface area contributed by atoms with E-state index in [9.17, 15) is 19.2 Å². The van der Waals surface area contributed by atoms with Crippen molar-refractivity contribution in [3.05, 3.63) is 82.1 Å². The van der Waals surface area contributed by atoms with Crippen LogP contribution in [0.4, 0.5) is 10.3 Å². The van der Waals surface area contributed by atoms with Gasteiger partial charge >= 0.3 is 11.9 Å². The zero-order valence-electron chi connectivity index (χ0n) is 21.7. The maximum absolute atomic E-state index is 17.1. The van der Waals surface area contributed by atoms with Gasteiger partial charge in [-0.2, -0.15) is 9.67 Å². The summed E-state index contributed by atoms with van der Waals surface area (Å²) in [6, 6.07) is 15.8. The quantitative estimate of drug-likeness (QED) is 0.318. The molecular formula is C27H23FN6O7. The molecule has 0 bridgehead atoms. The number of rotatable bonds is 7. The number of hydrogen-bond donors (Lipinski definition) is 2. The van der Waals surface area contributed by atoms with Crippen LogP contribution < -0.4 is 10.9 Å². The first-order valence-electron chi connectivity index (χ1n) is 12.7. The molecule has 1 saturated heterocycles. The first-order valence-corrected chi connectivity index (χ1v) is 12.7. The van der Waals surface area contributed by atoms with Crippen LogP contribution in [0.5, 0.6) is 0 Å². The van der Waals surface area contributed by atoms with Crippen LogP contribution in [-0.2, 0) is 24.7 Å². The SMILES string of the molecule is CC(C)C(=O)Nc1nc2c(nnn2[C@@]2(OC(=O)c3ccccc3)CO[C@@H]3C(OC(=O)c4ccccc4)[C@@]32F)c(=O)[nH]1. The fourth-order valence-electron chi connectivity index (χ4n) is 4.72. The molecule has 2 fully saturated rings. The number of carbonyl (C=O) groups is 3. The number of esters is 2. The molecule has 210 valence electrons. The highest BCUT2D eigenvalue weighted by Gasteiger charge is 2.88. The number of alkyl halides is 1. The van der Waals surface area contributed by atoms with E-state index < -0.39 is 59.5 Å². The highest BCUT2D eigenvalue weighted by molar-refractivity contribution is 5.92. The molecule has 2 aromatic heterocycles. The first-order chi connectivity index (χ1) is 19.7. The summed E-state index contributed by atoms with van der Waals surface area (Å²) in [4.78, 5) is 57.8. The molecule has 6 rings (SSSR count). The van der Waals surface area contributed by atoms with E-state index in [0.717, 1.165) is 4.68 Å². The third kappa shape index (κ3) is 4.14. The molecule has 2 N–H and O–H groups in total. The number of hydrogen-bond acceptors (Lipinski definition) is 10. The van der Waals surface area contributed by atoms with Crippen molar-refractivity contribution >= 4 is 35.0 Å². The summed E-state index contributed by atoms with van der Waals surface area (Å²) in [6.07, 6.45) is -2.81. The van der Waals surface area contributed by atoms with Gasteiger partial charge in [-0.1, -0.05) is 55.5 Å². The van der Waals surface area contributed by atoms with Gasteiger partial charge in [0.25, 0.3) is 11.3 Å². The van der Waals surface area contributed by atoms with E-state index in [-0.39, 0.29) is 28.2 Å². The minimum atomic E-state index is -2.63. The van der Waals surface area contributed by atoms with Crippen molar-refractivity contribution < 1.29 is 33.0 Å². The van der Waals surface area contributed by atoms with Crippen molar-refractivity contribution in [2.45, 2.75) is 37.4 Å². The lowest BCUT2D eigenvalue weighted by Crippen LogP contribution is -2.52. The van der Waals surface area contributed by atoms with Gasteiger partial charge in [-0.05, 0) is 24.3 Å². The largest absolute Gasteiger partial charge is 0.452 e. The Balaban J connectivity index is 1.44. The number of H-pyrrole nitrogens is 1. The zero-order valence-corrected chi connectivity index (χ0v) is 21.7. The van der Waals surface area contributed by atoms with Gasteiger partial charge in [-0.3, -0.25) is 19.9 Å². The average Bonchev–Trinajstić information content (AvgIpc) is 3.23. The second kappa shape index (κ2) is 9.59. The van der Waals surface area contributed by atoms with E-state index in [2.05, 4.69) is 25.6 Å². The summed E-state index contributed by atoms with van der Waals surface area (Å²) in [6.45, 7) is 2.72. The van der Waals surface area contributed by atoms with E-state index in [1.165, 1.54) is 24.3 Å². The average molecular weight is 563 g/mol. The number of ether oxygens (including phenoxy) is 3. The number of benzene rings is 2. The Hall–Kier alpha value is -4.98. The molecule has 2 aliphatic rings. The summed E-state index contributed by atoms with van der Waals surface area (Å²) in [7, 11) is 0. The molecule has 2 aromatic carbocycles. The number of amides is 1. The Morgan fingerprint density at radius 1 is 1.07 bits per heavy atom. The number of halogens is 1. The molecule has 1 aliphatic carbocycles. The van der Waals surface area contributed by atoms with Crippen LogP contribution in [0.3, 0.4) is 0 Å². The minimum absolute atomic E-state index is 0.0949. The fraction of sp³-hybridized carbons (Fsp3) is 0.296. The van der Waals surface area contributed by atoms with Crippen LogP contribution in [0, 0.1) is 5.92 Å².